The first-order valence-electron chi connectivity index (χ1n) is 9.86. The van der Waals surface area contributed by atoms with E-state index in [1.165, 1.54) is 13.1 Å². The molecule has 2 heterocycles. The molecule has 2 aromatic heterocycles. The van der Waals surface area contributed by atoms with Gasteiger partial charge in [0.2, 0.25) is 5.78 Å². The van der Waals surface area contributed by atoms with Crippen molar-refractivity contribution in [2.75, 3.05) is 32.6 Å². The van der Waals surface area contributed by atoms with Gasteiger partial charge in [-0.1, -0.05) is 11.6 Å². The molecule has 0 unspecified atom stereocenters. The van der Waals surface area contributed by atoms with E-state index in [0.29, 0.717) is 33.4 Å². The van der Waals surface area contributed by atoms with Gasteiger partial charge in [-0.25, -0.2) is 4.98 Å². The summed E-state index contributed by atoms with van der Waals surface area (Å²) in [5, 5.41) is 3.86. The zero-order valence-electron chi connectivity index (χ0n) is 17.1. The molecule has 1 aliphatic carbocycles. The summed E-state index contributed by atoms with van der Waals surface area (Å²) >= 11 is 6.11. The summed E-state index contributed by atoms with van der Waals surface area (Å²) in [7, 11) is 4.20. The minimum atomic E-state index is -0.498. The van der Waals surface area contributed by atoms with E-state index in [1.54, 1.807) is 12.1 Å². The molecule has 0 saturated heterocycles. The Kier molecular flexibility index (Phi) is 7.03. The Morgan fingerprint density at radius 1 is 1.24 bits per heavy atom. The monoisotopic (exact) mass is 418 g/mol. The molecule has 1 N–H and O–H groups in total. The molecule has 1 saturated carbocycles. The first-order chi connectivity index (χ1) is 13.8. The lowest BCUT2D eigenvalue weighted by molar-refractivity contribution is -0.139. The first kappa shape index (κ1) is 21.5. The number of esters is 1. The van der Waals surface area contributed by atoms with Crippen molar-refractivity contribution >= 4 is 40.1 Å². The van der Waals surface area contributed by atoms with Gasteiger partial charge in [0.25, 0.3) is 0 Å². The fraction of sp³-hybridized carbons (Fsp3) is 0.524. The van der Waals surface area contributed by atoms with Crippen molar-refractivity contribution in [2.24, 2.45) is 5.92 Å². The number of nitrogens with one attached hydrogen (secondary N) is 1. The summed E-state index contributed by atoms with van der Waals surface area (Å²) in [5.74, 6) is -0.128. The number of ether oxygens (including phenoxy) is 1. The number of carbonyl (C=O) groups is 2. The van der Waals surface area contributed by atoms with Crippen LogP contribution in [0.15, 0.2) is 18.3 Å². The summed E-state index contributed by atoms with van der Waals surface area (Å²) in [6.07, 6.45) is 5.80. The molecule has 2 aromatic rings. The quantitative estimate of drug-likeness (QED) is 0.418. The van der Waals surface area contributed by atoms with Gasteiger partial charge in [0.05, 0.1) is 16.8 Å². The number of hydrogen-bond donors (Lipinski definition) is 1. The van der Waals surface area contributed by atoms with E-state index in [-0.39, 0.29) is 18.4 Å². The molecule has 0 bridgehead atoms. The number of Topliss-reactive ketones (excluding diaryl/α,β-unsaturated/α-hetero) is 1. The van der Waals surface area contributed by atoms with Gasteiger partial charge in [0.15, 0.2) is 6.61 Å². The molecule has 0 amide bonds. The molecule has 1 aliphatic rings. The van der Waals surface area contributed by atoms with Crippen LogP contribution in [0.5, 0.6) is 0 Å². The Bertz CT molecular complexity index is 895. The highest BCUT2D eigenvalue weighted by Gasteiger charge is 2.25. The van der Waals surface area contributed by atoms with E-state index in [9.17, 15) is 9.59 Å². The minimum absolute atomic E-state index is 0.236. The molecular weight excluding hydrogens is 392 g/mol. The van der Waals surface area contributed by atoms with E-state index in [1.807, 2.05) is 0 Å². The molecule has 0 spiro atoms. The third-order valence-corrected chi connectivity index (χ3v) is 5.41. The van der Waals surface area contributed by atoms with Crippen molar-refractivity contribution in [2.45, 2.75) is 38.6 Å². The number of anilines is 1. The van der Waals surface area contributed by atoms with E-state index >= 15 is 0 Å². The summed E-state index contributed by atoms with van der Waals surface area (Å²) in [5.41, 5.74) is 2.19. The number of fused-ring (bicyclic) bond motifs is 1. The van der Waals surface area contributed by atoms with Gasteiger partial charge in [-0.2, -0.15) is 0 Å². The van der Waals surface area contributed by atoms with Crippen molar-refractivity contribution in [3.05, 3.63) is 29.0 Å². The maximum absolute atomic E-state index is 12.7. The zero-order valence-corrected chi connectivity index (χ0v) is 17.8. The second-order valence-electron chi connectivity index (χ2n) is 7.88. The van der Waals surface area contributed by atoms with Gasteiger partial charge >= 0.3 is 5.97 Å². The summed E-state index contributed by atoms with van der Waals surface area (Å²) < 4.78 is 4.89. The number of carbonyl (C=O) groups excluding carboxylic acids is 2. The van der Waals surface area contributed by atoms with Gasteiger partial charge < -0.3 is 15.0 Å². The molecule has 1 fully saturated rings. The van der Waals surface area contributed by atoms with Crippen molar-refractivity contribution in [1.82, 2.24) is 14.9 Å². The smallest absolute Gasteiger partial charge is 0.303 e. The lowest BCUT2D eigenvalue weighted by Gasteiger charge is -2.31. The van der Waals surface area contributed by atoms with Crippen LogP contribution in [0.25, 0.3) is 11.0 Å². The van der Waals surface area contributed by atoms with Crippen LogP contribution < -0.4 is 5.32 Å². The van der Waals surface area contributed by atoms with Crippen LogP contribution in [0, 0.1) is 5.92 Å². The van der Waals surface area contributed by atoms with Gasteiger partial charge in [-0.15, -0.1) is 0 Å². The molecule has 156 valence electrons. The number of pyridine rings is 2. The predicted octanol–water partition coefficient (Wildman–Crippen LogP) is 3.56. The summed E-state index contributed by atoms with van der Waals surface area (Å²) in [6.45, 7) is 2.04. The van der Waals surface area contributed by atoms with Crippen molar-refractivity contribution in [1.29, 1.82) is 0 Å². The fourth-order valence-corrected chi connectivity index (χ4v) is 4.00. The van der Waals surface area contributed by atoms with E-state index < -0.39 is 5.97 Å². The standard InChI is InChI=1S/C21H27ClN4O3/c1-13(27)29-12-18(28)16-10-23-17-8-9-19(22)25-21(17)20(16)24-15-6-4-14(5-7-15)11-26(2)3/h8-10,14-15H,4-7,11-12H2,1-3H3,(H,23,24)/t14-,15-. The Balaban J connectivity index is 1.85. The molecule has 3 rings (SSSR count). The minimum Gasteiger partial charge on any atom is -0.457 e. The van der Waals surface area contributed by atoms with Crippen LogP contribution in [0.4, 0.5) is 5.69 Å². The SMILES string of the molecule is CC(=O)OCC(=O)c1cnc2ccc(Cl)nc2c1N[C@H]1CC[C@H](CN(C)C)CC1. The van der Waals surface area contributed by atoms with Crippen molar-refractivity contribution in [3.8, 4) is 0 Å². The van der Waals surface area contributed by atoms with Crippen LogP contribution in [0.3, 0.4) is 0 Å². The number of halogens is 1. The maximum atomic E-state index is 12.7. The maximum Gasteiger partial charge on any atom is 0.303 e. The lowest BCUT2D eigenvalue weighted by Crippen LogP contribution is -2.31. The number of rotatable bonds is 7. The van der Waals surface area contributed by atoms with Gasteiger partial charge in [0, 0.05) is 25.7 Å². The van der Waals surface area contributed by atoms with E-state index in [4.69, 9.17) is 16.3 Å². The average Bonchev–Trinajstić information content (AvgIpc) is 2.67. The molecule has 0 atom stereocenters. The van der Waals surface area contributed by atoms with Crippen LogP contribution in [0.1, 0.15) is 43.0 Å². The Morgan fingerprint density at radius 3 is 2.62 bits per heavy atom. The number of hydrogen-bond acceptors (Lipinski definition) is 7. The van der Waals surface area contributed by atoms with Crippen molar-refractivity contribution in [3.63, 3.8) is 0 Å². The van der Waals surface area contributed by atoms with Gasteiger partial charge in [-0.3, -0.25) is 14.6 Å². The topological polar surface area (TPSA) is 84.4 Å². The number of nitrogens with zero attached hydrogens (tertiary/aromatic N) is 3. The second kappa shape index (κ2) is 9.50. The molecular formula is C21H27ClN4O3. The fourth-order valence-electron chi connectivity index (χ4n) is 3.85. The Labute approximate surface area is 175 Å². The molecule has 8 heteroatoms. The predicted molar refractivity (Wildman–Crippen MR) is 113 cm³/mol. The van der Waals surface area contributed by atoms with Crippen LogP contribution in [0.2, 0.25) is 5.15 Å². The molecule has 29 heavy (non-hydrogen) atoms. The number of ketones is 1. The normalized spacial score (nSPS) is 19.3. The highest BCUT2D eigenvalue weighted by molar-refractivity contribution is 6.30. The van der Waals surface area contributed by atoms with E-state index in [2.05, 4.69) is 34.3 Å². The second-order valence-corrected chi connectivity index (χ2v) is 8.26. The Hall–Kier alpha value is -2.25. The van der Waals surface area contributed by atoms with E-state index in [0.717, 1.165) is 32.2 Å². The van der Waals surface area contributed by atoms with Crippen LogP contribution >= 0.6 is 11.6 Å². The summed E-state index contributed by atoms with van der Waals surface area (Å²) in [6, 6.07) is 3.69. The van der Waals surface area contributed by atoms with Gasteiger partial charge in [-0.05, 0) is 57.8 Å². The van der Waals surface area contributed by atoms with Crippen molar-refractivity contribution < 1.29 is 14.3 Å². The van der Waals surface area contributed by atoms with Gasteiger partial charge in [0.1, 0.15) is 10.7 Å². The third-order valence-electron chi connectivity index (χ3n) is 5.20. The largest absolute Gasteiger partial charge is 0.457 e. The Morgan fingerprint density at radius 2 is 1.97 bits per heavy atom. The third kappa shape index (κ3) is 5.64. The summed E-state index contributed by atoms with van der Waals surface area (Å²) in [4.78, 5) is 34.8. The highest BCUT2D eigenvalue weighted by atomic mass is 35.5. The average molecular weight is 419 g/mol. The van der Waals surface area contributed by atoms with Crippen LogP contribution in [-0.2, 0) is 9.53 Å². The zero-order chi connectivity index (χ0) is 21.0. The number of aromatic nitrogens is 2. The molecule has 7 nitrogen and oxygen atoms in total. The van der Waals surface area contributed by atoms with Crippen LogP contribution in [-0.4, -0.2) is 59.9 Å². The molecule has 0 aliphatic heterocycles. The highest BCUT2D eigenvalue weighted by Crippen LogP contribution is 2.31. The molecule has 0 radical (unpaired) electrons. The first-order valence-corrected chi connectivity index (χ1v) is 10.2. The molecule has 0 aromatic carbocycles. The lowest BCUT2D eigenvalue weighted by atomic mass is 9.85.